The molecule has 18 heavy (non-hydrogen) atoms. The van der Waals surface area contributed by atoms with Crippen molar-refractivity contribution in [3.05, 3.63) is 35.8 Å². The number of hydrogen-bond donors (Lipinski definition) is 3. The van der Waals surface area contributed by atoms with E-state index in [2.05, 4.69) is 10.3 Å². The smallest absolute Gasteiger partial charge is 0.221 e. The van der Waals surface area contributed by atoms with Crippen LogP contribution in [0.1, 0.15) is 12.0 Å². The van der Waals surface area contributed by atoms with Crippen LogP contribution in [0, 0.1) is 5.82 Å². The number of halogens is 1. The van der Waals surface area contributed by atoms with Gasteiger partial charge in [-0.25, -0.2) is 4.39 Å². The Morgan fingerprint density at radius 2 is 2.28 bits per heavy atom. The van der Waals surface area contributed by atoms with Crippen molar-refractivity contribution < 1.29 is 9.18 Å². The Kier molecular flexibility index (Phi) is 3.94. The van der Waals surface area contributed by atoms with Gasteiger partial charge in [0.05, 0.1) is 0 Å². The minimum absolute atomic E-state index is 0.0385. The van der Waals surface area contributed by atoms with Crippen LogP contribution in [0.15, 0.2) is 24.4 Å². The molecule has 0 aliphatic heterocycles. The maximum absolute atomic E-state index is 13.0. The van der Waals surface area contributed by atoms with E-state index in [9.17, 15) is 9.18 Å². The first-order valence-corrected chi connectivity index (χ1v) is 5.93. The van der Waals surface area contributed by atoms with E-state index in [4.69, 9.17) is 5.73 Å². The fraction of sp³-hybridized carbons (Fsp3) is 0.308. The summed E-state index contributed by atoms with van der Waals surface area (Å²) in [6, 6.07) is 4.65. The number of nitrogens with one attached hydrogen (secondary N) is 2. The van der Waals surface area contributed by atoms with E-state index in [0.717, 1.165) is 16.5 Å². The van der Waals surface area contributed by atoms with E-state index in [1.54, 1.807) is 6.07 Å². The molecule has 1 aromatic carbocycles. The predicted molar refractivity (Wildman–Crippen MR) is 68.6 cm³/mol. The molecule has 0 saturated heterocycles. The van der Waals surface area contributed by atoms with Crippen LogP contribution in [-0.2, 0) is 11.2 Å². The van der Waals surface area contributed by atoms with Crippen LogP contribution in [0.2, 0.25) is 0 Å². The standard InChI is InChI=1S/C13H16FN3O/c14-10-1-2-11-9(8-17-12(11)7-10)4-6-16-13(18)3-5-15/h1-2,7-8,17H,3-6,15H2,(H,16,18). The number of nitrogens with two attached hydrogens (primary N) is 1. The monoisotopic (exact) mass is 249 g/mol. The Hall–Kier alpha value is -1.88. The van der Waals surface area contributed by atoms with Crippen LogP contribution in [-0.4, -0.2) is 24.0 Å². The SMILES string of the molecule is NCCC(=O)NCCc1c[nH]c2cc(F)ccc12. The molecule has 2 aromatic rings. The lowest BCUT2D eigenvalue weighted by atomic mass is 10.1. The summed E-state index contributed by atoms with van der Waals surface area (Å²) in [5, 5.41) is 3.78. The molecule has 0 atom stereocenters. The van der Waals surface area contributed by atoms with Gasteiger partial charge in [-0.05, 0) is 30.2 Å². The number of aromatic nitrogens is 1. The Morgan fingerprint density at radius 3 is 3.06 bits per heavy atom. The molecular formula is C13H16FN3O. The van der Waals surface area contributed by atoms with E-state index in [0.29, 0.717) is 25.9 Å². The highest BCUT2D eigenvalue weighted by molar-refractivity contribution is 5.83. The summed E-state index contributed by atoms with van der Waals surface area (Å²) in [6.07, 6.45) is 2.90. The molecule has 0 bridgehead atoms. The van der Waals surface area contributed by atoms with Gasteiger partial charge in [0.25, 0.3) is 0 Å². The van der Waals surface area contributed by atoms with E-state index in [-0.39, 0.29) is 11.7 Å². The second kappa shape index (κ2) is 5.64. The fourth-order valence-corrected chi connectivity index (χ4v) is 1.92. The summed E-state index contributed by atoms with van der Waals surface area (Å²) < 4.78 is 13.0. The number of fused-ring (bicyclic) bond motifs is 1. The molecule has 0 radical (unpaired) electrons. The molecule has 96 valence electrons. The highest BCUT2D eigenvalue weighted by Crippen LogP contribution is 2.19. The number of hydrogen-bond acceptors (Lipinski definition) is 2. The largest absolute Gasteiger partial charge is 0.361 e. The first-order valence-electron chi connectivity index (χ1n) is 5.93. The first-order chi connectivity index (χ1) is 8.70. The van der Waals surface area contributed by atoms with Crippen LogP contribution in [0.5, 0.6) is 0 Å². The highest BCUT2D eigenvalue weighted by Gasteiger charge is 2.05. The molecule has 0 aliphatic carbocycles. The summed E-state index contributed by atoms with van der Waals surface area (Å²) in [4.78, 5) is 14.3. The van der Waals surface area contributed by atoms with Gasteiger partial charge in [-0.3, -0.25) is 4.79 Å². The van der Waals surface area contributed by atoms with Crippen LogP contribution in [0.4, 0.5) is 4.39 Å². The lowest BCUT2D eigenvalue weighted by Crippen LogP contribution is -2.27. The van der Waals surface area contributed by atoms with Crippen molar-refractivity contribution in [1.82, 2.24) is 10.3 Å². The summed E-state index contributed by atoms with van der Waals surface area (Å²) in [7, 11) is 0. The lowest BCUT2D eigenvalue weighted by Gasteiger charge is -2.03. The van der Waals surface area contributed by atoms with Gasteiger partial charge in [0.2, 0.25) is 5.91 Å². The maximum Gasteiger partial charge on any atom is 0.221 e. The zero-order valence-corrected chi connectivity index (χ0v) is 10.0. The number of H-pyrrole nitrogens is 1. The Morgan fingerprint density at radius 1 is 1.44 bits per heavy atom. The summed E-state index contributed by atoms with van der Waals surface area (Å²) in [6.45, 7) is 0.918. The van der Waals surface area contributed by atoms with E-state index in [1.165, 1.54) is 12.1 Å². The molecule has 0 saturated carbocycles. The van der Waals surface area contributed by atoms with Crippen molar-refractivity contribution in [2.45, 2.75) is 12.8 Å². The maximum atomic E-state index is 13.0. The minimum Gasteiger partial charge on any atom is -0.361 e. The molecule has 0 spiro atoms. The molecule has 1 aromatic heterocycles. The van der Waals surface area contributed by atoms with E-state index >= 15 is 0 Å². The first kappa shape index (κ1) is 12.6. The molecule has 5 heteroatoms. The van der Waals surface area contributed by atoms with Crippen LogP contribution >= 0.6 is 0 Å². The lowest BCUT2D eigenvalue weighted by molar-refractivity contribution is -0.120. The van der Waals surface area contributed by atoms with Crippen molar-refractivity contribution in [2.24, 2.45) is 5.73 Å². The van der Waals surface area contributed by atoms with Gasteiger partial charge in [-0.15, -0.1) is 0 Å². The third kappa shape index (κ3) is 2.87. The normalized spacial score (nSPS) is 10.8. The van der Waals surface area contributed by atoms with Crippen molar-refractivity contribution in [3.8, 4) is 0 Å². The predicted octanol–water partition coefficient (Wildman–Crippen LogP) is 1.31. The zero-order chi connectivity index (χ0) is 13.0. The number of amides is 1. The molecule has 4 N–H and O–H groups in total. The number of rotatable bonds is 5. The van der Waals surface area contributed by atoms with Crippen molar-refractivity contribution >= 4 is 16.8 Å². The average Bonchev–Trinajstić information content (AvgIpc) is 2.72. The zero-order valence-electron chi connectivity index (χ0n) is 10.0. The summed E-state index contributed by atoms with van der Waals surface area (Å²) in [5.74, 6) is -0.296. The summed E-state index contributed by atoms with van der Waals surface area (Å²) >= 11 is 0. The number of aromatic amines is 1. The van der Waals surface area contributed by atoms with Crippen molar-refractivity contribution in [1.29, 1.82) is 0 Å². The van der Waals surface area contributed by atoms with E-state index in [1.807, 2.05) is 6.20 Å². The number of benzene rings is 1. The van der Waals surface area contributed by atoms with Crippen molar-refractivity contribution in [2.75, 3.05) is 13.1 Å². The third-order valence-corrected chi connectivity index (χ3v) is 2.82. The molecule has 1 heterocycles. The molecule has 0 fully saturated rings. The molecular weight excluding hydrogens is 233 g/mol. The van der Waals surface area contributed by atoms with Gasteiger partial charge in [0.1, 0.15) is 5.82 Å². The minimum atomic E-state index is -0.257. The quantitative estimate of drug-likeness (QED) is 0.747. The second-order valence-electron chi connectivity index (χ2n) is 4.14. The average molecular weight is 249 g/mol. The molecule has 0 unspecified atom stereocenters. The third-order valence-electron chi connectivity index (χ3n) is 2.82. The van der Waals surface area contributed by atoms with Gasteiger partial charge in [-0.1, -0.05) is 0 Å². The van der Waals surface area contributed by atoms with Gasteiger partial charge in [0, 0.05) is 36.6 Å². The highest BCUT2D eigenvalue weighted by atomic mass is 19.1. The molecule has 1 amide bonds. The fourth-order valence-electron chi connectivity index (χ4n) is 1.92. The molecule has 2 rings (SSSR count). The molecule has 4 nitrogen and oxygen atoms in total. The second-order valence-corrected chi connectivity index (χ2v) is 4.14. The van der Waals surface area contributed by atoms with Gasteiger partial charge in [-0.2, -0.15) is 0 Å². The van der Waals surface area contributed by atoms with Gasteiger partial charge >= 0.3 is 0 Å². The van der Waals surface area contributed by atoms with Gasteiger partial charge in [0.15, 0.2) is 0 Å². The van der Waals surface area contributed by atoms with Crippen LogP contribution < -0.4 is 11.1 Å². The van der Waals surface area contributed by atoms with Crippen LogP contribution in [0.3, 0.4) is 0 Å². The Labute approximate surface area is 104 Å². The number of carbonyl (C=O) groups excluding carboxylic acids is 1. The van der Waals surface area contributed by atoms with Crippen molar-refractivity contribution in [3.63, 3.8) is 0 Å². The summed E-state index contributed by atoms with van der Waals surface area (Å²) in [5.41, 5.74) is 7.13. The van der Waals surface area contributed by atoms with E-state index < -0.39 is 0 Å². The number of carbonyl (C=O) groups is 1. The van der Waals surface area contributed by atoms with Gasteiger partial charge < -0.3 is 16.0 Å². The molecule has 0 aliphatic rings. The van der Waals surface area contributed by atoms with Crippen LogP contribution in [0.25, 0.3) is 10.9 Å². The Balaban J connectivity index is 1.98. The Bertz CT molecular complexity index is 550. The topological polar surface area (TPSA) is 70.9 Å².